The van der Waals surface area contributed by atoms with Gasteiger partial charge in [0.1, 0.15) is 5.00 Å². The van der Waals surface area contributed by atoms with Crippen molar-refractivity contribution in [2.75, 3.05) is 30.8 Å². The first-order chi connectivity index (χ1) is 27.4. The first kappa shape index (κ1) is 45.7. The highest BCUT2D eigenvalue weighted by molar-refractivity contribution is 7.17. The van der Waals surface area contributed by atoms with Crippen LogP contribution in [-0.4, -0.2) is 75.9 Å². The Bertz CT molecular complexity index is 2030. The second-order valence-electron chi connectivity index (χ2n) is 14.7. The molecule has 0 spiro atoms. The number of anilines is 2. The van der Waals surface area contributed by atoms with Crippen LogP contribution in [0.15, 0.2) is 72.8 Å². The maximum Gasteiger partial charge on any atom is 0.335 e. The van der Waals surface area contributed by atoms with Gasteiger partial charge in [0, 0.05) is 61.7 Å². The Hall–Kier alpha value is -5.04. The third-order valence-corrected chi connectivity index (χ3v) is 11.9. The minimum atomic E-state index is -0.944. The third kappa shape index (κ3) is 12.7. The van der Waals surface area contributed by atoms with Crippen LogP contribution < -0.4 is 10.6 Å². The number of halogens is 1. The molecule has 13 heteroatoms. The number of likely N-dealkylation sites (N-methyl/N-ethyl adjacent to an activating group) is 1. The quantitative estimate of drug-likeness (QED) is 0.0689. The van der Waals surface area contributed by atoms with E-state index in [1.807, 2.05) is 54.6 Å². The van der Waals surface area contributed by atoms with E-state index in [9.17, 15) is 24.0 Å². The molecule has 4 aromatic rings. The lowest BCUT2D eigenvalue weighted by Crippen LogP contribution is -2.41. The van der Waals surface area contributed by atoms with Crippen molar-refractivity contribution in [1.29, 1.82) is 0 Å². The number of nitrogens with one attached hydrogen (secondary N) is 2. The molecule has 0 aliphatic heterocycles. The Morgan fingerprint density at radius 1 is 0.759 bits per heavy atom. The number of amides is 3. The molecule has 1 aromatic heterocycles. The Labute approximate surface area is 351 Å². The van der Waals surface area contributed by atoms with Crippen LogP contribution in [0.1, 0.15) is 117 Å². The van der Waals surface area contributed by atoms with E-state index in [1.54, 1.807) is 30.1 Å². The Balaban J connectivity index is 0.00000744. The van der Waals surface area contributed by atoms with E-state index < -0.39 is 11.9 Å². The van der Waals surface area contributed by atoms with Crippen LogP contribution >= 0.6 is 23.7 Å². The van der Waals surface area contributed by atoms with E-state index in [1.165, 1.54) is 11.3 Å². The summed E-state index contributed by atoms with van der Waals surface area (Å²) in [4.78, 5) is 67.6. The molecule has 11 nitrogen and oxygen atoms in total. The number of benzene rings is 3. The molecule has 0 bridgehead atoms. The van der Waals surface area contributed by atoms with Gasteiger partial charge >= 0.3 is 11.9 Å². The van der Waals surface area contributed by atoms with E-state index in [-0.39, 0.29) is 54.6 Å². The molecule has 1 aliphatic carbocycles. The Morgan fingerprint density at radius 2 is 1.41 bits per heavy atom. The standard InChI is InChI=1S/C45H54N4O7S.ClH/c1-4-36(5-2)49(27-26-48(3)39(50)14-9-15-40(51)52)29-32-10-8-11-34(28-32)42(53)47-44-41(37-12-6-7-13-38(37)57-44)43(54)46-35-24-20-31(21-25-35)17-16-30-18-22-33(23-19-30)45(55)56;/h8,10-11,18-25,28,36H,4-7,9,12-17,26-27,29H2,1-3H3,(H,46,54)(H,47,53)(H,51,52)(H,55,56);1H. The zero-order valence-electron chi connectivity index (χ0n) is 33.6. The fourth-order valence-corrected chi connectivity index (χ4v) is 8.63. The molecule has 1 heterocycles. The minimum Gasteiger partial charge on any atom is -0.481 e. The molecular formula is C45H55ClN4O7S. The summed E-state index contributed by atoms with van der Waals surface area (Å²) in [7, 11) is 1.75. The number of carbonyl (C=O) groups excluding carboxylic acids is 3. The summed E-state index contributed by atoms with van der Waals surface area (Å²) in [6.45, 7) is 6.02. The Morgan fingerprint density at radius 3 is 2.05 bits per heavy atom. The van der Waals surface area contributed by atoms with Gasteiger partial charge in [0.25, 0.3) is 11.8 Å². The molecule has 0 fully saturated rings. The predicted molar refractivity (Wildman–Crippen MR) is 232 cm³/mol. The highest BCUT2D eigenvalue weighted by Crippen LogP contribution is 2.39. The van der Waals surface area contributed by atoms with Crippen molar-refractivity contribution in [1.82, 2.24) is 9.80 Å². The third-order valence-electron chi connectivity index (χ3n) is 10.7. The molecular weight excluding hydrogens is 776 g/mol. The van der Waals surface area contributed by atoms with Gasteiger partial charge in [-0.1, -0.05) is 50.2 Å². The highest BCUT2D eigenvalue weighted by Gasteiger charge is 2.27. The lowest BCUT2D eigenvalue weighted by molar-refractivity contribution is -0.137. The number of aromatic carboxylic acids is 1. The molecule has 0 saturated heterocycles. The summed E-state index contributed by atoms with van der Waals surface area (Å²) in [5, 5.41) is 24.8. The summed E-state index contributed by atoms with van der Waals surface area (Å²) in [6, 6.07) is 22.4. The fourth-order valence-electron chi connectivity index (χ4n) is 7.35. The fraction of sp³-hybridized carbons (Fsp3) is 0.400. The maximum atomic E-state index is 13.9. The predicted octanol–water partition coefficient (Wildman–Crippen LogP) is 8.74. The van der Waals surface area contributed by atoms with Gasteiger partial charge in [-0.2, -0.15) is 0 Å². The van der Waals surface area contributed by atoms with Crippen LogP contribution in [0.3, 0.4) is 0 Å². The number of thiophene rings is 1. The number of fused-ring (bicyclic) bond motifs is 1. The van der Waals surface area contributed by atoms with E-state index >= 15 is 0 Å². The van der Waals surface area contributed by atoms with Gasteiger partial charge in [-0.05, 0) is 116 Å². The zero-order valence-corrected chi connectivity index (χ0v) is 35.2. The molecule has 0 unspecified atom stereocenters. The van der Waals surface area contributed by atoms with Gasteiger partial charge in [0.2, 0.25) is 5.91 Å². The molecule has 5 rings (SSSR count). The monoisotopic (exact) mass is 830 g/mol. The van der Waals surface area contributed by atoms with Crippen molar-refractivity contribution in [2.24, 2.45) is 0 Å². The second-order valence-corrected chi connectivity index (χ2v) is 15.8. The molecule has 0 radical (unpaired) electrons. The number of carboxylic acid groups (broad SMARTS) is 2. The molecule has 3 aromatic carbocycles. The summed E-state index contributed by atoms with van der Waals surface area (Å²) >= 11 is 1.48. The van der Waals surface area contributed by atoms with Crippen molar-refractivity contribution in [3.05, 3.63) is 117 Å². The Kier molecular flexibility index (Phi) is 17.5. The number of rotatable bonds is 20. The van der Waals surface area contributed by atoms with Crippen LogP contribution in [0.4, 0.5) is 10.7 Å². The lowest BCUT2D eigenvalue weighted by atomic mass is 9.95. The SMILES string of the molecule is CCC(CC)N(CCN(C)C(=O)CCCC(=O)O)Cc1cccc(C(=O)Nc2sc3c(c2C(=O)Nc2ccc(CCc4ccc(C(=O)O)cc4)cc2)CCCC3)c1.Cl. The smallest absolute Gasteiger partial charge is 0.335 e. The van der Waals surface area contributed by atoms with E-state index in [4.69, 9.17) is 10.2 Å². The van der Waals surface area contributed by atoms with Gasteiger partial charge in [0.05, 0.1) is 11.1 Å². The molecule has 58 heavy (non-hydrogen) atoms. The topological polar surface area (TPSA) is 156 Å². The van der Waals surface area contributed by atoms with Crippen molar-refractivity contribution >= 4 is 64.1 Å². The van der Waals surface area contributed by atoms with Gasteiger partial charge in [-0.3, -0.25) is 24.1 Å². The lowest BCUT2D eigenvalue weighted by Gasteiger charge is -2.32. The molecule has 0 atom stereocenters. The molecule has 310 valence electrons. The molecule has 4 N–H and O–H groups in total. The maximum absolute atomic E-state index is 13.9. The molecule has 1 aliphatic rings. The number of nitrogens with zero attached hydrogens (tertiary/aromatic N) is 2. The number of hydrogen-bond donors (Lipinski definition) is 4. The summed E-state index contributed by atoms with van der Waals surface area (Å²) < 4.78 is 0. The number of aliphatic carboxylic acids is 1. The number of carboxylic acids is 2. The van der Waals surface area contributed by atoms with Crippen molar-refractivity contribution < 1.29 is 34.2 Å². The van der Waals surface area contributed by atoms with E-state index in [0.717, 1.165) is 78.5 Å². The number of hydrogen-bond acceptors (Lipinski definition) is 7. The first-order valence-corrected chi connectivity index (χ1v) is 20.7. The van der Waals surface area contributed by atoms with Gasteiger partial charge < -0.3 is 25.7 Å². The van der Waals surface area contributed by atoms with Crippen LogP contribution in [0.25, 0.3) is 0 Å². The van der Waals surface area contributed by atoms with Crippen LogP contribution in [0.2, 0.25) is 0 Å². The van der Waals surface area contributed by atoms with Gasteiger partial charge in [0.15, 0.2) is 0 Å². The van der Waals surface area contributed by atoms with Gasteiger partial charge in [-0.15, -0.1) is 23.7 Å². The van der Waals surface area contributed by atoms with Crippen LogP contribution in [-0.2, 0) is 41.8 Å². The highest BCUT2D eigenvalue weighted by atomic mass is 35.5. The summed E-state index contributed by atoms with van der Waals surface area (Å²) in [5.41, 5.74) is 6.05. The van der Waals surface area contributed by atoms with Crippen LogP contribution in [0, 0.1) is 0 Å². The normalized spacial score (nSPS) is 12.1. The molecule has 3 amide bonds. The largest absolute Gasteiger partial charge is 0.481 e. The minimum absolute atomic E-state index is 0. The second kappa shape index (κ2) is 22.2. The molecule has 0 saturated carbocycles. The average molecular weight is 831 g/mol. The average Bonchev–Trinajstić information content (AvgIpc) is 3.57. The van der Waals surface area contributed by atoms with Crippen molar-refractivity contribution in [3.8, 4) is 0 Å². The first-order valence-electron chi connectivity index (χ1n) is 19.9. The number of carbonyl (C=O) groups is 5. The van der Waals surface area contributed by atoms with E-state index in [2.05, 4.69) is 29.4 Å². The van der Waals surface area contributed by atoms with E-state index in [0.29, 0.717) is 47.9 Å². The summed E-state index contributed by atoms with van der Waals surface area (Å²) in [6.07, 6.45) is 7.54. The van der Waals surface area contributed by atoms with Gasteiger partial charge in [-0.25, -0.2) is 4.79 Å². The zero-order chi connectivity index (χ0) is 40.9. The van der Waals surface area contributed by atoms with Crippen LogP contribution in [0.5, 0.6) is 0 Å². The summed E-state index contributed by atoms with van der Waals surface area (Å²) in [5.74, 6) is -2.46. The van der Waals surface area contributed by atoms with Crippen molar-refractivity contribution in [3.63, 3.8) is 0 Å². The van der Waals surface area contributed by atoms with Crippen molar-refractivity contribution in [2.45, 2.75) is 97.1 Å². The number of aryl methyl sites for hydroxylation is 3.